The van der Waals surface area contributed by atoms with E-state index in [-0.39, 0.29) is 6.03 Å². The maximum absolute atomic E-state index is 11.9. The smallest absolute Gasteiger partial charge is 0.315 e. The zero-order valence-corrected chi connectivity index (χ0v) is 13.7. The summed E-state index contributed by atoms with van der Waals surface area (Å²) < 4.78 is 5.47. The standard InChI is InChI=1S/C18H27N3O2/c22-18(19-12-15-4-2-1-3-5-15)20-13-16-6-9-21(10-7-16)17-8-11-23-14-17/h1-5,16-17H,6-14H2,(H2,19,20,22). The summed E-state index contributed by atoms with van der Waals surface area (Å²) in [5, 5.41) is 5.93. The third kappa shape index (κ3) is 4.94. The predicted octanol–water partition coefficient (Wildman–Crippen LogP) is 1.99. The molecule has 0 bridgehead atoms. The lowest BCUT2D eigenvalue weighted by atomic mass is 9.95. The summed E-state index contributed by atoms with van der Waals surface area (Å²) >= 11 is 0. The van der Waals surface area contributed by atoms with Crippen molar-refractivity contribution in [2.75, 3.05) is 32.8 Å². The van der Waals surface area contributed by atoms with Crippen LogP contribution in [0.4, 0.5) is 4.79 Å². The summed E-state index contributed by atoms with van der Waals surface area (Å²) in [4.78, 5) is 14.4. The van der Waals surface area contributed by atoms with Crippen LogP contribution in [0.1, 0.15) is 24.8 Å². The molecule has 5 heteroatoms. The average Bonchev–Trinajstić information content (AvgIpc) is 3.14. The van der Waals surface area contributed by atoms with Gasteiger partial charge in [0.1, 0.15) is 0 Å². The van der Waals surface area contributed by atoms with Crippen molar-refractivity contribution in [1.29, 1.82) is 0 Å². The molecule has 2 heterocycles. The van der Waals surface area contributed by atoms with Crippen LogP contribution in [0, 0.1) is 5.92 Å². The van der Waals surface area contributed by atoms with Gasteiger partial charge in [-0.25, -0.2) is 4.79 Å². The van der Waals surface area contributed by atoms with Crippen LogP contribution in [0.3, 0.4) is 0 Å². The Morgan fingerprint density at radius 2 is 1.91 bits per heavy atom. The molecule has 0 spiro atoms. The van der Waals surface area contributed by atoms with E-state index < -0.39 is 0 Å². The normalized spacial score (nSPS) is 22.9. The van der Waals surface area contributed by atoms with Crippen molar-refractivity contribution < 1.29 is 9.53 Å². The molecule has 0 aliphatic carbocycles. The van der Waals surface area contributed by atoms with Gasteiger partial charge in [-0.05, 0) is 43.8 Å². The number of nitrogens with one attached hydrogen (secondary N) is 2. The average molecular weight is 317 g/mol. The van der Waals surface area contributed by atoms with Crippen LogP contribution in [0.2, 0.25) is 0 Å². The Morgan fingerprint density at radius 1 is 1.13 bits per heavy atom. The van der Waals surface area contributed by atoms with Gasteiger partial charge in [-0.3, -0.25) is 4.90 Å². The van der Waals surface area contributed by atoms with Crippen molar-refractivity contribution in [1.82, 2.24) is 15.5 Å². The maximum Gasteiger partial charge on any atom is 0.315 e. The Morgan fingerprint density at radius 3 is 2.61 bits per heavy atom. The first-order chi connectivity index (χ1) is 11.3. The predicted molar refractivity (Wildman–Crippen MR) is 90.2 cm³/mol. The van der Waals surface area contributed by atoms with Crippen LogP contribution in [-0.4, -0.2) is 49.8 Å². The quantitative estimate of drug-likeness (QED) is 0.873. The second kappa shape index (κ2) is 8.31. The van der Waals surface area contributed by atoms with Gasteiger partial charge < -0.3 is 15.4 Å². The van der Waals surface area contributed by atoms with E-state index in [2.05, 4.69) is 15.5 Å². The van der Waals surface area contributed by atoms with Crippen LogP contribution in [-0.2, 0) is 11.3 Å². The number of benzene rings is 1. The molecule has 0 radical (unpaired) electrons. The summed E-state index contributed by atoms with van der Waals surface area (Å²) in [5.41, 5.74) is 1.12. The van der Waals surface area contributed by atoms with Crippen LogP contribution >= 0.6 is 0 Å². The van der Waals surface area contributed by atoms with Crippen molar-refractivity contribution >= 4 is 6.03 Å². The zero-order chi connectivity index (χ0) is 15.9. The molecule has 126 valence electrons. The molecule has 1 aromatic rings. The molecule has 0 saturated carbocycles. The molecule has 1 atom stereocenters. The number of piperidine rings is 1. The Hall–Kier alpha value is -1.59. The van der Waals surface area contributed by atoms with Gasteiger partial charge in [0.15, 0.2) is 0 Å². The van der Waals surface area contributed by atoms with E-state index in [4.69, 9.17) is 4.74 Å². The number of ether oxygens (including phenoxy) is 1. The second-order valence-corrected chi connectivity index (χ2v) is 6.55. The molecule has 2 saturated heterocycles. The number of carbonyl (C=O) groups is 1. The van der Waals surface area contributed by atoms with Gasteiger partial charge in [0.25, 0.3) is 0 Å². The molecule has 5 nitrogen and oxygen atoms in total. The van der Waals surface area contributed by atoms with Crippen molar-refractivity contribution in [3.05, 3.63) is 35.9 Å². The summed E-state index contributed by atoms with van der Waals surface area (Å²) in [7, 11) is 0. The van der Waals surface area contributed by atoms with Crippen LogP contribution in [0.5, 0.6) is 0 Å². The molecule has 2 amide bonds. The number of amides is 2. The highest BCUT2D eigenvalue weighted by atomic mass is 16.5. The lowest BCUT2D eigenvalue weighted by Crippen LogP contribution is -2.45. The van der Waals surface area contributed by atoms with Crippen molar-refractivity contribution in [2.24, 2.45) is 5.92 Å². The van der Waals surface area contributed by atoms with E-state index in [1.807, 2.05) is 30.3 Å². The first kappa shape index (κ1) is 16.3. The topological polar surface area (TPSA) is 53.6 Å². The molecular formula is C18H27N3O2. The van der Waals surface area contributed by atoms with Crippen LogP contribution < -0.4 is 10.6 Å². The Labute approximate surface area is 138 Å². The number of urea groups is 1. The molecule has 2 aliphatic heterocycles. The SMILES string of the molecule is O=C(NCc1ccccc1)NCC1CCN(C2CCOC2)CC1. The zero-order valence-electron chi connectivity index (χ0n) is 13.7. The maximum atomic E-state index is 11.9. The largest absolute Gasteiger partial charge is 0.380 e. The molecule has 2 N–H and O–H groups in total. The van der Waals surface area contributed by atoms with E-state index in [0.717, 1.165) is 51.3 Å². The highest BCUT2D eigenvalue weighted by Crippen LogP contribution is 2.21. The van der Waals surface area contributed by atoms with E-state index in [0.29, 0.717) is 18.5 Å². The van der Waals surface area contributed by atoms with Gasteiger partial charge in [0, 0.05) is 25.7 Å². The number of likely N-dealkylation sites (tertiary alicyclic amines) is 1. The van der Waals surface area contributed by atoms with Gasteiger partial charge in [0.05, 0.1) is 6.61 Å². The first-order valence-electron chi connectivity index (χ1n) is 8.68. The minimum atomic E-state index is -0.0690. The van der Waals surface area contributed by atoms with Gasteiger partial charge >= 0.3 is 6.03 Å². The van der Waals surface area contributed by atoms with Crippen molar-refractivity contribution in [3.8, 4) is 0 Å². The van der Waals surface area contributed by atoms with Gasteiger partial charge in [-0.2, -0.15) is 0 Å². The molecule has 3 rings (SSSR count). The van der Waals surface area contributed by atoms with Gasteiger partial charge in [-0.1, -0.05) is 30.3 Å². The fourth-order valence-corrected chi connectivity index (χ4v) is 3.41. The molecule has 23 heavy (non-hydrogen) atoms. The van der Waals surface area contributed by atoms with Crippen molar-refractivity contribution in [2.45, 2.75) is 31.8 Å². The van der Waals surface area contributed by atoms with Crippen LogP contribution in [0.15, 0.2) is 30.3 Å². The number of hydrogen-bond donors (Lipinski definition) is 2. The molecule has 1 unspecified atom stereocenters. The fraction of sp³-hybridized carbons (Fsp3) is 0.611. The molecule has 2 aliphatic rings. The summed E-state index contributed by atoms with van der Waals surface area (Å²) in [6.07, 6.45) is 3.50. The summed E-state index contributed by atoms with van der Waals surface area (Å²) in [6, 6.07) is 10.5. The molecular weight excluding hydrogens is 290 g/mol. The lowest BCUT2D eigenvalue weighted by molar-refractivity contribution is 0.110. The minimum absolute atomic E-state index is 0.0690. The summed E-state index contributed by atoms with van der Waals surface area (Å²) in [6.45, 7) is 5.42. The third-order valence-corrected chi connectivity index (χ3v) is 4.92. The number of carbonyl (C=O) groups excluding carboxylic acids is 1. The minimum Gasteiger partial charge on any atom is -0.380 e. The van der Waals surface area contributed by atoms with E-state index in [9.17, 15) is 4.79 Å². The Kier molecular flexibility index (Phi) is 5.88. The number of rotatable bonds is 5. The summed E-state index contributed by atoms with van der Waals surface area (Å²) in [5.74, 6) is 0.594. The second-order valence-electron chi connectivity index (χ2n) is 6.55. The Bertz CT molecular complexity index is 480. The highest BCUT2D eigenvalue weighted by molar-refractivity contribution is 5.73. The lowest BCUT2D eigenvalue weighted by Gasteiger charge is -2.35. The van der Waals surface area contributed by atoms with E-state index in [1.54, 1.807) is 0 Å². The molecule has 0 aromatic heterocycles. The number of hydrogen-bond acceptors (Lipinski definition) is 3. The van der Waals surface area contributed by atoms with E-state index in [1.165, 1.54) is 6.42 Å². The fourth-order valence-electron chi connectivity index (χ4n) is 3.41. The molecule has 2 fully saturated rings. The van der Waals surface area contributed by atoms with E-state index >= 15 is 0 Å². The third-order valence-electron chi connectivity index (χ3n) is 4.92. The van der Waals surface area contributed by atoms with Gasteiger partial charge in [0.2, 0.25) is 0 Å². The van der Waals surface area contributed by atoms with Crippen LogP contribution in [0.25, 0.3) is 0 Å². The highest BCUT2D eigenvalue weighted by Gasteiger charge is 2.27. The number of nitrogens with zero attached hydrogens (tertiary/aromatic N) is 1. The molecule has 1 aromatic carbocycles. The Balaban J connectivity index is 1.31. The first-order valence-corrected chi connectivity index (χ1v) is 8.68. The van der Waals surface area contributed by atoms with Crippen molar-refractivity contribution in [3.63, 3.8) is 0 Å². The van der Waals surface area contributed by atoms with Gasteiger partial charge in [-0.15, -0.1) is 0 Å². The monoisotopic (exact) mass is 317 g/mol.